The number of nitrogens with one attached hydrogen (secondary N) is 1. The summed E-state index contributed by atoms with van der Waals surface area (Å²) >= 11 is 5.99. The van der Waals surface area contributed by atoms with Gasteiger partial charge in [-0.1, -0.05) is 23.7 Å². The van der Waals surface area contributed by atoms with Crippen LogP contribution in [0.1, 0.15) is 21.5 Å². The van der Waals surface area contributed by atoms with Gasteiger partial charge in [-0.25, -0.2) is 5.43 Å². The number of amides is 1. The first-order valence-corrected chi connectivity index (χ1v) is 9.17. The summed E-state index contributed by atoms with van der Waals surface area (Å²) in [6.07, 6.45) is 1.53. The predicted molar refractivity (Wildman–Crippen MR) is 115 cm³/mol. The molecule has 0 aliphatic rings. The van der Waals surface area contributed by atoms with Crippen molar-refractivity contribution in [3.8, 4) is 11.5 Å². The third-order valence-corrected chi connectivity index (χ3v) is 4.26. The van der Waals surface area contributed by atoms with Crippen LogP contribution in [0.4, 0.5) is 5.69 Å². The molecule has 0 aromatic heterocycles. The fourth-order valence-corrected chi connectivity index (χ4v) is 2.75. The van der Waals surface area contributed by atoms with Crippen LogP contribution in [0.3, 0.4) is 0 Å². The van der Waals surface area contributed by atoms with Crippen molar-refractivity contribution < 1.29 is 14.3 Å². The van der Waals surface area contributed by atoms with E-state index in [0.29, 0.717) is 34.4 Å². The van der Waals surface area contributed by atoms with E-state index in [-0.39, 0.29) is 5.91 Å². The van der Waals surface area contributed by atoms with Crippen LogP contribution in [0.25, 0.3) is 0 Å². The maximum Gasteiger partial charge on any atom is 0.271 e. The molecule has 3 N–H and O–H groups in total. The Balaban J connectivity index is 1.62. The number of hydrogen-bond acceptors (Lipinski definition) is 5. The Morgan fingerprint density at radius 2 is 1.90 bits per heavy atom. The Morgan fingerprint density at radius 1 is 1.10 bits per heavy atom. The lowest BCUT2D eigenvalue weighted by molar-refractivity contribution is 0.0955. The van der Waals surface area contributed by atoms with Crippen molar-refractivity contribution in [1.29, 1.82) is 0 Å². The Kier molecular flexibility index (Phi) is 6.71. The third kappa shape index (κ3) is 5.73. The first kappa shape index (κ1) is 20.2. The molecule has 0 aliphatic carbocycles. The van der Waals surface area contributed by atoms with Crippen LogP contribution in [0.5, 0.6) is 11.5 Å². The van der Waals surface area contributed by atoms with E-state index < -0.39 is 0 Å². The number of methoxy groups -OCH3 is 1. The monoisotopic (exact) mass is 409 g/mol. The van der Waals surface area contributed by atoms with Crippen LogP contribution >= 0.6 is 11.6 Å². The summed E-state index contributed by atoms with van der Waals surface area (Å²) in [5.41, 5.74) is 10.9. The van der Waals surface area contributed by atoms with E-state index in [2.05, 4.69) is 10.5 Å². The molecule has 0 aliphatic heterocycles. The fourth-order valence-electron chi connectivity index (χ4n) is 2.54. The summed E-state index contributed by atoms with van der Waals surface area (Å²) < 4.78 is 11.2. The van der Waals surface area contributed by atoms with Gasteiger partial charge in [0.05, 0.1) is 13.3 Å². The smallest absolute Gasteiger partial charge is 0.271 e. The lowest BCUT2D eigenvalue weighted by Crippen LogP contribution is -2.17. The predicted octanol–water partition coefficient (Wildman–Crippen LogP) is 4.27. The molecule has 0 bridgehead atoms. The molecule has 3 aromatic rings. The zero-order valence-electron chi connectivity index (χ0n) is 15.8. The molecule has 0 atom stereocenters. The Hall–Kier alpha value is -3.51. The SMILES string of the molecule is COc1cc(/C=N\NC(=O)c2ccc(N)cc2)ccc1OCc1cccc(Cl)c1. The van der Waals surface area contributed by atoms with E-state index in [1.54, 1.807) is 43.5 Å². The average Bonchev–Trinajstić information content (AvgIpc) is 2.73. The molecule has 0 saturated heterocycles. The number of benzene rings is 3. The van der Waals surface area contributed by atoms with E-state index in [0.717, 1.165) is 11.1 Å². The number of halogens is 1. The van der Waals surface area contributed by atoms with Gasteiger partial charge in [-0.3, -0.25) is 4.79 Å². The van der Waals surface area contributed by atoms with E-state index >= 15 is 0 Å². The van der Waals surface area contributed by atoms with E-state index in [1.165, 1.54) is 6.21 Å². The van der Waals surface area contributed by atoms with Crippen molar-refractivity contribution in [1.82, 2.24) is 5.43 Å². The van der Waals surface area contributed by atoms with Crippen molar-refractivity contribution in [2.45, 2.75) is 6.61 Å². The highest BCUT2D eigenvalue weighted by molar-refractivity contribution is 6.30. The molecule has 0 radical (unpaired) electrons. The number of carbonyl (C=O) groups is 1. The number of rotatable bonds is 7. The van der Waals surface area contributed by atoms with Gasteiger partial charge in [-0.15, -0.1) is 0 Å². The Morgan fingerprint density at radius 3 is 2.62 bits per heavy atom. The summed E-state index contributed by atoms with van der Waals surface area (Å²) in [6.45, 7) is 0.363. The van der Waals surface area contributed by atoms with Gasteiger partial charge >= 0.3 is 0 Å². The van der Waals surface area contributed by atoms with Gasteiger partial charge in [0, 0.05) is 16.3 Å². The largest absolute Gasteiger partial charge is 0.493 e. The van der Waals surface area contributed by atoms with E-state index in [9.17, 15) is 4.79 Å². The van der Waals surface area contributed by atoms with E-state index in [1.807, 2.05) is 30.3 Å². The van der Waals surface area contributed by atoms with Gasteiger partial charge in [-0.2, -0.15) is 5.10 Å². The molecular formula is C22H20ClN3O3. The number of carbonyl (C=O) groups excluding carboxylic acids is 1. The standard InChI is InChI=1S/C22H20ClN3O3/c1-28-21-12-15(13-25-26-22(27)17-6-8-19(24)9-7-17)5-10-20(21)29-14-16-3-2-4-18(23)11-16/h2-13H,14,24H2,1H3,(H,26,27)/b25-13-. The summed E-state index contributed by atoms with van der Waals surface area (Å²) in [5.74, 6) is 0.825. The molecule has 148 valence electrons. The van der Waals surface area contributed by atoms with Crippen LogP contribution in [-0.2, 0) is 6.61 Å². The second-order valence-corrected chi connectivity index (χ2v) is 6.59. The maximum atomic E-state index is 12.0. The Labute approximate surface area is 173 Å². The van der Waals surface area contributed by atoms with Crippen molar-refractivity contribution >= 4 is 29.4 Å². The summed E-state index contributed by atoms with van der Waals surface area (Å²) in [7, 11) is 1.56. The molecule has 29 heavy (non-hydrogen) atoms. The highest BCUT2D eigenvalue weighted by Gasteiger charge is 2.07. The van der Waals surface area contributed by atoms with Gasteiger partial charge in [0.15, 0.2) is 11.5 Å². The third-order valence-electron chi connectivity index (χ3n) is 4.02. The van der Waals surface area contributed by atoms with Gasteiger partial charge in [0.2, 0.25) is 0 Å². The van der Waals surface area contributed by atoms with Crippen molar-refractivity contribution in [2.75, 3.05) is 12.8 Å². The molecule has 1 amide bonds. The van der Waals surface area contributed by atoms with Crippen LogP contribution in [0.2, 0.25) is 5.02 Å². The topological polar surface area (TPSA) is 85.9 Å². The van der Waals surface area contributed by atoms with Crippen molar-refractivity contribution in [3.05, 3.63) is 88.4 Å². The van der Waals surface area contributed by atoms with E-state index in [4.69, 9.17) is 26.8 Å². The number of ether oxygens (including phenoxy) is 2. The summed E-state index contributed by atoms with van der Waals surface area (Å²) in [4.78, 5) is 12.0. The lowest BCUT2D eigenvalue weighted by atomic mass is 10.2. The number of anilines is 1. The summed E-state index contributed by atoms with van der Waals surface area (Å²) in [6, 6.07) is 19.4. The van der Waals surface area contributed by atoms with Crippen molar-refractivity contribution in [2.24, 2.45) is 5.10 Å². The molecule has 0 unspecified atom stereocenters. The van der Waals surface area contributed by atoms with Crippen LogP contribution in [0.15, 0.2) is 71.8 Å². The Bertz CT molecular complexity index is 1020. The molecule has 7 heteroatoms. The lowest BCUT2D eigenvalue weighted by Gasteiger charge is -2.11. The average molecular weight is 410 g/mol. The second-order valence-electron chi connectivity index (χ2n) is 6.15. The van der Waals surface area contributed by atoms with Gasteiger partial charge < -0.3 is 15.2 Å². The maximum absolute atomic E-state index is 12.0. The molecular weight excluding hydrogens is 390 g/mol. The van der Waals surface area contributed by atoms with Crippen LogP contribution < -0.4 is 20.6 Å². The molecule has 6 nitrogen and oxygen atoms in total. The zero-order valence-corrected chi connectivity index (χ0v) is 16.5. The number of nitrogens with two attached hydrogens (primary N) is 1. The first-order valence-electron chi connectivity index (χ1n) is 8.79. The van der Waals surface area contributed by atoms with Crippen LogP contribution in [0, 0.1) is 0 Å². The highest BCUT2D eigenvalue weighted by Crippen LogP contribution is 2.28. The van der Waals surface area contributed by atoms with Crippen LogP contribution in [-0.4, -0.2) is 19.2 Å². The molecule has 3 rings (SSSR count). The van der Waals surface area contributed by atoms with Crippen molar-refractivity contribution in [3.63, 3.8) is 0 Å². The summed E-state index contributed by atoms with van der Waals surface area (Å²) in [5, 5.41) is 4.64. The molecule has 0 heterocycles. The fraction of sp³-hybridized carbons (Fsp3) is 0.0909. The molecule has 0 spiro atoms. The quantitative estimate of drug-likeness (QED) is 0.346. The number of nitrogen functional groups attached to an aromatic ring is 1. The molecule has 0 saturated carbocycles. The van der Waals surface area contributed by atoms with Gasteiger partial charge in [-0.05, 0) is 65.7 Å². The minimum Gasteiger partial charge on any atom is -0.493 e. The van der Waals surface area contributed by atoms with Gasteiger partial charge in [0.1, 0.15) is 6.61 Å². The number of hydrogen-bond donors (Lipinski definition) is 2. The minimum absolute atomic E-state index is 0.324. The van der Waals surface area contributed by atoms with Gasteiger partial charge in [0.25, 0.3) is 5.91 Å². The second kappa shape index (κ2) is 9.61. The number of nitrogens with zero attached hydrogens (tertiary/aromatic N) is 1. The number of hydrazone groups is 1. The minimum atomic E-state index is -0.324. The zero-order chi connectivity index (χ0) is 20.6. The molecule has 3 aromatic carbocycles. The molecule has 0 fully saturated rings. The first-order chi connectivity index (χ1) is 14.0. The normalized spacial score (nSPS) is 10.7. The highest BCUT2D eigenvalue weighted by atomic mass is 35.5.